The molecule has 6 heteroatoms. The van der Waals surface area contributed by atoms with Gasteiger partial charge in [0, 0.05) is 55.7 Å². The van der Waals surface area contributed by atoms with Gasteiger partial charge in [-0.3, -0.25) is 9.59 Å². The van der Waals surface area contributed by atoms with Crippen LogP contribution < -0.4 is 5.32 Å². The second kappa shape index (κ2) is 12.3. The van der Waals surface area contributed by atoms with Gasteiger partial charge >= 0.3 is 0 Å². The van der Waals surface area contributed by atoms with Gasteiger partial charge in [-0.25, -0.2) is 0 Å². The number of hydrogen-bond acceptors (Lipinski definition) is 3. The van der Waals surface area contributed by atoms with Gasteiger partial charge in [-0.1, -0.05) is 82.3 Å². The van der Waals surface area contributed by atoms with E-state index in [-0.39, 0.29) is 17.2 Å². The summed E-state index contributed by atoms with van der Waals surface area (Å²) in [6.45, 7) is 13.7. The average Bonchev–Trinajstić information content (AvgIpc) is 3.33. The molecule has 1 fully saturated rings. The second-order valence-electron chi connectivity index (χ2n) is 12.1. The highest BCUT2D eigenvalue weighted by atomic mass is 16.2. The molecular weight excluding hydrogens is 508 g/mol. The van der Waals surface area contributed by atoms with Gasteiger partial charge in [0.25, 0.3) is 5.91 Å². The molecule has 214 valence electrons. The fourth-order valence-electron chi connectivity index (χ4n) is 5.54. The number of likely N-dealkylation sites (N-methyl/N-ethyl adjacent to an activating group) is 1. The molecule has 1 N–H and O–H groups in total. The molecular formula is C35H42N4O2. The van der Waals surface area contributed by atoms with Crippen LogP contribution in [0.5, 0.6) is 0 Å². The van der Waals surface area contributed by atoms with Crippen LogP contribution in [0.15, 0.2) is 78.9 Å². The second-order valence-corrected chi connectivity index (χ2v) is 12.1. The highest BCUT2D eigenvalue weighted by Gasteiger charge is 2.25. The van der Waals surface area contributed by atoms with E-state index in [9.17, 15) is 9.59 Å². The Kier molecular flexibility index (Phi) is 8.60. The lowest BCUT2D eigenvalue weighted by Crippen LogP contribution is -2.48. The Morgan fingerprint density at radius 2 is 1.54 bits per heavy atom. The molecule has 41 heavy (non-hydrogen) atoms. The molecule has 0 bridgehead atoms. The van der Waals surface area contributed by atoms with Gasteiger partial charge in [0.05, 0.1) is 0 Å². The fourth-order valence-corrected chi connectivity index (χ4v) is 5.54. The Bertz CT molecular complexity index is 1490. The number of aryl methyl sites for hydroxylation is 1. The van der Waals surface area contributed by atoms with Gasteiger partial charge in [0.2, 0.25) is 5.91 Å². The van der Waals surface area contributed by atoms with E-state index in [0.717, 1.165) is 60.4 Å². The van der Waals surface area contributed by atoms with Crippen LogP contribution in [0.2, 0.25) is 0 Å². The summed E-state index contributed by atoms with van der Waals surface area (Å²) in [4.78, 5) is 30.9. The zero-order chi connectivity index (χ0) is 29.0. The molecule has 0 spiro atoms. The Hall–Kier alpha value is -3.90. The zero-order valence-corrected chi connectivity index (χ0v) is 24.8. The number of amides is 2. The quantitative estimate of drug-likeness (QED) is 0.279. The van der Waals surface area contributed by atoms with Crippen molar-refractivity contribution < 1.29 is 9.59 Å². The first kappa shape index (κ1) is 28.6. The SMILES string of the molecule is CCN1CCN(C(=O)c2cc3cc(NC(=O)CCc4ccccc4)ccc3n2Cc2ccc(C(C)(C)C)cc2)CC1. The van der Waals surface area contributed by atoms with Crippen molar-refractivity contribution in [3.8, 4) is 0 Å². The van der Waals surface area contributed by atoms with E-state index in [1.54, 1.807) is 0 Å². The first-order chi connectivity index (χ1) is 19.7. The molecule has 5 rings (SSSR count). The highest BCUT2D eigenvalue weighted by Crippen LogP contribution is 2.28. The predicted molar refractivity (Wildman–Crippen MR) is 168 cm³/mol. The molecule has 1 saturated heterocycles. The summed E-state index contributed by atoms with van der Waals surface area (Å²) >= 11 is 0. The van der Waals surface area contributed by atoms with Crippen LogP contribution in [0.3, 0.4) is 0 Å². The first-order valence-electron chi connectivity index (χ1n) is 14.8. The molecule has 2 heterocycles. The maximum atomic E-state index is 13.9. The van der Waals surface area contributed by atoms with E-state index in [2.05, 4.69) is 66.7 Å². The van der Waals surface area contributed by atoms with E-state index < -0.39 is 0 Å². The summed E-state index contributed by atoms with van der Waals surface area (Å²) in [7, 11) is 0. The number of benzene rings is 3. The van der Waals surface area contributed by atoms with Gasteiger partial charge in [0.15, 0.2) is 0 Å². The summed E-state index contributed by atoms with van der Waals surface area (Å²) in [6.07, 6.45) is 1.12. The summed E-state index contributed by atoms with van der Waals surface area (Å²) in [5.74, 6) is 0.0494. The first-order valence-corrected chi connectivity index (χ1v) is 14.8. The molecule has 2 amide bonds. The lowest BCUT2D eigenvalue weighted by molar-refractivity contribution is -0.116. The number of aromatic nitrogens is 1. The van der Waals surface area contributed by atoms with Gasteiger partial charge in [-0.2, -0.15) is 0 Å². The van der Waals surface area contributed by atoms with Crippen molar-refractivity contribution in [3.63, 3.8) is 0 Å². The largest absolute Gasteiger partial charge is 0.335 e. The molecule has 1 aliphatic heterocycles. The number of nitrogens with one attached hydrogen (secondary N) is 1. The third-order valence-electron chi connectivity index (χ3n) is 8.16. The number of anilines is 1. The fraction of sp³-hybridized carbons (Fsp3) is 0.371. The van der Waals surface area contributed by atoms with E-state index in [1.165, 1.54) is 5.56 Å². The van der Waals surface area contributed by atoms with Crippen LogP contribution >= 0.6 is 0 Å². The van der Waals surface area contributed by atoms with Crippen LogP contribution in [0.25, 0.3) is 10.9 Å². The molecule has 0 radical (unpaired) electrons. The summed E-state index contributed by atoms with van der Waals surface area (Å²) in [5.41, 5.74) is 6.10. The van der Waals surface area contributed by atoms with E-state index in [0.29, 0.717) is 25.1 Å². The van der Waals surface area contributed by atoms with Crippen molar-refractivity contribution in [2.24, 2.45) is 0 Å². The topological polar surface area (TPSA) is 57.6 Å². The number of piperazine rings is 1. The van der Waals surface area contributed by atoms with Crippen molar-refractivity contribution in [1.82, 2.24) is 14.4 Å². The Morgan fingerprint density at radius 1 is 0.829 bits per heavy atom. The van der Waals surface area contributed by atoms with Crippen LogP contribution in [0, 0.1) is 0 Å². The monoisotopic (exact) mass is 550 g/mol. The molecule has 0 unspecified atom stereocenters. The van der Waals surface area contributed by atoms with Crippen LogP contribution in [-0.2, 0) is 23.2 Å². The average molecular weight is 551 g/mol. The standard InChI is InChI=1S/C35H42N4O2/c1-5-37-19-21-38(22-20-37)34(41)32-24-28-23-30(36-33(40)18-13-26-9-7-6-8-10-26)16-17-31(28)39(32)25-27-11-14-29(15-12-27)35(2,3)4/h6-12,14-17,23-24H,5,13,18-22,25H2,1-4H3,(H,36,40). The zero-order valence-electron chi connectivity index (χ0n) is 24.8. The third-order valence-corrected chi connectivity index (χ3v) is 8.16. The minimum atomic E-state index is -0.0170. The lowest BCUT2D eigenvalue weighted by atomic mass is 9.87. The molecule has 3 aromatic carbocycles. The van der Waals surface area contributed by atoms with E-state index in [4.69, 9.17) is 0 Å². The molecule has 0 atom stereocenters. The maximum absolute atomic E-state index is 13.9. The number of nitrogens with zero attached hydrogens (tertiary/aromatic N) is 3. The lowest BCUT2D eigenvalue weighted by Gasteiger charge is -2.34. The summed E-state index contributed by atoms with van der Waals surface area (Å²) in [6, 6.07) is 26.7. The van der Waals surface area contributed by atoms with Crippen molar-refractivity contribution in [1.29, 1.82) is 0 Å². The molecule has 0 aliphatic carbocycles. The Balaban J connectivity index is 1.40. The number of fused-ring (bicyclic) bond motifs is 1. The smallest absolute Gasteiger partial charge is 0.270 e. The van der Waals surface area contributed by atoms with Gasteiger partial charge in [-0.15, -0.1) is 0 Å². The molecule has 4 aromatic rings. The third kappa shape index (κ3) is 6.88. The van der Waals surface area contributed by atoms with Gasteiger partial charge in [0.1, 0.15) is 5.69 Å². The molecule has 1 aromatic heterocycles. The number of rotatable bonds is 8. The molecule has 1 aliphatic rings. The summed E-state index contributed by atoms with van der Waals surface area (Å²) < 4.78 is 2.14. The summed E-state index contributed by atoms with van der Waals surface area (Å²) in [5, 5.41) is 4.01. The minimum Gasteiger partial charge on any atom is -0.335 e. The van der Waals surface area contributed by atoms with Crippen molar-refractivity contribution >= 4 is 28.4 Å². The normalized spacial score (nSPS) is 14.4. The Morgan fingerprint density at radius 3 is 2.20 bits per heavy atom. The maximum Gasteiger partial charge on any atom is 0.270 e. The van der Waals surface area contributed by atoms with Crippen LogP contribution in [0.1, 0.15) is 61.3 Å². The van der Waals surface area contributed by atoms with E-state index in [1.807, 2.05) is 59.5 Å². The molecule has 0 saturated carbocycles. The van der Waals surface area contributed by atoms with Crippen molar-refractivity contribution in [2.75, 3.05) is 38.0 Å². The van der Waals surface area contributed by atoms with Crippen molar-refractivity contribution in [3.05, 3.63) is 101 Å². The number of carbonyl (C=O) groups is 2. The van der Waals surface area contributed by atoms with Gasteiger partial charge in [-0.05, 0) is 59.3 Å². The van der Waals surface area contributed by atoms with E-state index >= 15 is 0 Å². The van der Waals surface area contributed by atoms with Crippen molar-refractivity contribution in [2.45, 2.75) is 52.5 Å². The van der Waals surface area contributed by atoms with Crippen LogP contribution in [0.4, 0.5) is 5.69 Å². The Labute approximate surface area is 244 Å². The molecule has 6 nitrogen and oxygen atoms in total. The number of hydrogen-bond donors (Lipinski definition) is 1. The highest BCUT2D eigenvalue weighted by molar-refractivity contribution is 6.00. The number of carbonyl (C=O) groups excluding carboxylic acids is 2. The van der Waals surface area contributed by atoms with Gasteiger partial charge < -0.3 is 19.7 Å². The van der Waals surface area contributed by atoms with Crippen LogP contribution in [-0.4, -0.2) is 58.9 Å². The predicted octanol–water partition coefficient (Wildman–Crippen LogP) is 6.34. The minimum absolute atomic E-state index is 0.0170.